The normalized spacial score (nSPS) is 16.2. The summed E-state index contributed by atoms with van der Waals surface area (Å²) in [4.78, 5) is 14.8. The number of halogens is 1. The van der Waals surface area contributed by atoms with Crippen molar-refractivity contribution < 1.29 is 18.3 Å². The predicted molar refractivity (Wildman–Crippen MR) is 141 cm³/mol. The number of amides is 1. The van der Waals surface area contributed by atoms with Gasteiger partial charge in [0.05, 0.1) is 12.5 Å². The van der Waals surface area contributed by atoms with Crippen LogP contribution in [-0.2, 0) is 4.79 Å². The molecule has 0 saturated carbocycles. The first kappa shape index (κ1) is 23.3. The van der Waals surface area contributed by atoms with Gasteiger partial charge in [-0.15, -0.1) is 0 Å². The van der Waals surface area contributed by atoms with Crippen LogP contribution >= 0.6 is 0 Å². The summed E-state index contributed by atoms with van der Waals surface area (Å²) in [6.07, 6.45) is 11.7. The fourth-order valence-electron chi connectivity index (χ4n) is 4.97. The van der Waals surface area contributed by atoms with Crippen LogP contribution in [-0.4, -0.2) is 40.8 Å². The summed E-state index contributed by atoms with van der Waals surface area (Å²) >= 11 is 0. The van der Waals surface area contributed by atoms with Gasteiger partial charge in [-0.1, -0.05) is 43.4 Å². The van der Waals surface area contributed by atoms with E-state index in [-0.39, 0.29) is 17.1 Å². The van der Waals surface area contributed by atoms with Crippen molar-refractivity contribution in [3.8, 4) is 22.8 Å². The lowest BCUT2D eigenvalue weighted by Crippen LogP contribution is -2.35. The fraction of sp³-hybridized carbons (Fsp3) is 0.267. The second kappa shape index (κ2) is 9.07. The molecule has 0 fully saturated rings. The van der Waals surface area contributed by atoms with Gasteiger partial charge in [-0.3, -0.25) is 4.79 Å². The van der Waals surface area contributed by atoms with E-state index in [1.54, 1.807) is 36.3 Å². The molecule has 0 atom stereocenters. The van der Waals surface area contributed by atoms with Crippen LogP contribution in [0.3, 0.4) is 0 Å². The van der Waals surface area contributed by atoms with Crippen molar-refractivity contribution in [2.24, 2.45) is 5.41 Å². The minimum absolute atomic E-state index is 0.0818. The van der Waals surface area contributed by atoms with Crippen LogP contribution in [0.2, 0.25) is 0 Å². The van der Waals surface area contributed by atoms with Crippen LogP contribution in [0.5, 0.6) is 5.75 Å². The van der Waals surface area contributed by atoms with Crippen LogP contribution in [0.4, 0.5) is 4.39 Å². The standard InChI is InChI=1S/C30H28FN3O3/c1-30(12-13-30)11-10-26(35)33-15-5-7-20(19-33)22-17-23(21-8-3-4-9-25(21)36-2)29-24(28(22)31)18-27(37-29)34-16-6-14-32-34/h3-4,6-9,12-14,16-18H,5,10-11,15,19H2,1-2H3. The number of hydrogen-bond acceptors (Lipinski definition) is 4. The van der Waals surface area contributed by atoms with Gasteiger partial charge < -0.3 is 14.1 Å². The van der Waals surface area contributed by atoms with E-state index in [0.717, 1.165) is 23.1 Å². The van der Waals surface area contributed by atoms with E-state index in [1.807, 2.05) is 41.3 Å². The first-order valence-corrected chi connectivity index (χ1v) is 12.5. The van der Waals surface area contributed by atoms with E-state index in [0.29, 0.717) is 54.1 Å². The van der Waals surface area contributed by atoms with E-state index < -0.39 is 0 Å². The summed E-state index contributed by atoms with van der Waals surface area (Å²) < 4.78 is 29.5. The summed E-state index contributed by atoms with van der Waals surface area (Å²) in [6, 6.07) is 12.9. The molecule has 6 nitrogen and oxygen atoms in total. The average molecular weight is 498 g/mol. The first-order valence-electron chi connectivity index (χ1n) is 12.5. The van der Waals surface area contributed by atoms with Crippen molar-refractivity contribution in [3.63, 3.8) is 0 Å². The van der Waals surface area contributed by atoms with Gasteiger partial charge in [0.15, 0.2) is 0 Å². The average Bonchev–Trinajstić information content (AvgIpc) is 3.30. The van der Waals surface area contributed by atoms with Crippen molar-refractivity contribution in [1.82, 2.24) is 14.7 Å². The Labute approximate surface area is 214 Å². The SMILES string of the molecule is COc1ccccc1-c1cc(C2=CCCN(C(=O)CCC3(C)C=C3)C2)c(F)c2cc(-n3cccn3)oc12. The highest BCUT2D eigenvalue weighted by Crippen LogP contribution is 2.42. The van der Waals surface area contributed by atoms with Crippen LogP contribution < -0.4 is 4.74 Å². The summed E-state index contributed by atoms with van der Waals surface area (Å²) in [5.74, 6) is 0.820. The van der Waals surface area contributed by atoms with E-state index in [2.05, 4.69) is 24.2 Å². The number of rotatable bonds is 7. The van der Waals surface area contributed by atoms with E-state index in [9.17, 15) is 4.79 Å². The maximum atomic E-state index is 16.2. The molecule has 6 rings (SSSR count). The van der Waals surface area contributed by atoms with Crippen LogP contribution in [0.1, 0.15) is 31.7 Å². The summed E-state index contributed by atoms with van der Waals surface area (Å²) in [5, 5.41) is 4.61. The number of aromatic nitrogens is 2. The molecular weight excluding hydrogens is 469 g/mol. The van der Waals surface area contributed by atoms with Crippen molar-refractivity contribution >= 4 is 22.4 Å². The number of furan rings is 1. The van der Waals surface area contributed by atoms with Gasteiger partial charge in [0.2, 0.25) is 11.8 Å². The number of para-hydroxylation sites is 1. The Balaban J connectivity index is 1.42. The summed E-state index contributed by atoms with van der Waals surface area (Å²) in [7, 11) is 1.61. The number of carbonyl (C=O) groups excluding carboxylic acids is 1. The van der Waals surface area contributed by atoms with Crippen LogP contribution in [0, 0.1) is 11.2 Å². The van der Waals surface area contributed by atoms with Crippen molar-refractivity contribution in [2.75, 3.05) is 20.2 Å². The Hall–Kier alpha value is -4.13. The molecule has 0 saturated heterocycles. The third kappa shape index (κ3) is 4.35. The minimum atomic E-state index is -0.369. The number of methoxy groups -OCH3 is 1. The molecular formula is C30H28FN3O3. The summed E-state index contributed by atoms with van der Waals surface area (Å²) in [6.45, 7) is 3.15. The molecule has 1 aliphatic carbocycles. The molecule has 0 radical (unpaired) electrons. The minimum Gasteiger partial charge on any atom is -0.496 e. The molecule has 0 N–H and O–H groups in total. The Morgan fingerprint density at radius 1 is 1.16 bits per heavy atom. The highest BCUT2D eigenvalue weighted by Gasteiger charge is 2.30. The molecule has 1 aliphatic heterocycles. The molecule has 0 unspecified atom stereocenters. The van der Waals surface area contributed by atoms with E-state index >= 15 is 4.39 Å². The molecule has 0 bridgehead atoms. The maximum absolute atomic E-state index is 16.2. The third-order valence-electron chi connectivity index (χ3n) is 7.32. The number of ether oxygens (including phenoxy) is 1. The molecule has 0 spiro atoms. The Morgan fingerprint density at radius 3 is 2.76 bits per heavy atom. The van der Waals surface area contributed by atoms with Gasteiger partial charge in [-0.25, -0.2) is 9.07 Å². The van der Waals surface area contributed by atoms with Crippen LogP contribution in [0.15, 0.2) is 77.5 Å². The van der Waals surface area contributed by atoms with Crippen molar-refractivity contribution in [1.29, 1.82) is 0 Å². The molecule has 3 heterocycles. The third-order valence-corrected chi connectivity index (χ3v) is 7.32. The Bertz CT molecular complexity index is 1540. The maximum Gasteiger partial charge on any atom is 0.222 e. The molecule has 2 aromatic heterocycles. The molecule has 7 heteroatoms. The highest BCUT2D eigenvalue weighted by atomic mass is 19.1. The zero-order valence-corrected chi connectivity index (χ0v) is 20.9. The molecule has 188 valence electrons. The monoisotopic (exact) mass is 497 g/mol. The Kier molecular flexibility index (Phi) is 5.71. The quantitative estimate of drug-likeness (QED) is 0.277. The molecule has 1 amide bonds. The van der Waals surface area contributed by atoms with E-state index in [4.69, 9.17) is 9.15 Å². The fourth-order valence-corrected chi connectivity index (χ4v) is 4.97. The summed E-state index contributed by atoms with van der Waals surface area (Å²) in [5.41, 5.74) is 3.29. The first-order chi connectivity index (χ1) is 18.0. The van der Waals surface area contributed by atoms with Gasteiger partial charge in [0.1, 0.15) is 17.1 Å². The Morgan fingerprint density at radius 2 is 2.00 bits per heavy atom. The molecule has 2 aliphatic rings. The zero-order chi connectivity index (χ0) is 25.6. The number of benzene rings is 2. The topological polar surface area (TPSA) is 60.5 Å². The van der Waals surface area contributed by atoms with Crippen LogP contribution in [0.25, 0.3) is 33.6 Å². The van der Waals surface area contributed by atoms with Gasteiger partial charge in [0, 0.05) is 60.1 Å². The van der Waals surface area contributed by atoms with Crippen molar-refractivity contribution in [3.05, 3.63) is 84.5 Å². The number of nitrogens with zero attached hydrogens (tertiary/aromatic N) is 3. The van der Waals surface area contributed by atoms with Gasteiger partial charge in [-0.2, -0.15) is 5.10 Å². The van der Waals surface area contributed by atoms with Gasteiger partial charge in [0.25, 0.3) is 0 Å². The lowest BCUT2D eigenvalue weighted by atomic mass is 9.93. The van der Waals surface area contributed by atoms with Crippen molar-refractivity contribution in [2.45, 2.75) is 26.2 Å². The second-order valence-electron chi connectivity index (χ2n) is 9.94. The highest BCUT2D eigenvalue weighted by molar-refractivity contribution is 5.98. The molecule has 37 heavy (non-hydrogen) atoms. The number of hydrogen-bond donors (Lipinski definition) is 0. The number of carbonyl (C=O) groups is 1. The lowest BCUT2D eigenvalue weighted by molar-refractivity contribution is -0.131. The predicted octanol–water partition coefficient (Wildman–Crippen LogP) is 6.41. The van der Waals surface area contributed by atoms with Gasteiger partial charge in [-0.05, 0) is 36.6 Å². The second-order valence-corrected chi connectivity index (χ2v) is 9.94. The molecule has 4 aromatic rings. The molecule has 2 aromatic carbocycles. The zero-order valence-electron chi connectivity index (χ0n) is 20.9. The largest absolute Gasteiger partial charge is 0.496 e. The van der Waals surface area contributed by atoms with Gasteiger partial charge >= 0.3 is 0 Å². The lowest BCUT2D eigenvalue weighted by Gasteiger charge is -2.28. The number of allylic oxidation sites excluding steroid dienone is 2. The number of fused-ring (bicyclic) bond motifs is 1. The van der Waals surface area contributed by atoms with E-state index in [1.165, 1.54) is 0 Å². The smallest absolute Gasteiger partial charge is 0.222 e.